The van der Waals surface area contributed by atoms with Gasteiger partial charge in [-0.3, -0.25) is 4.79 Å². The van der Waals surface area contributed by atoms with Crippen molar-refractivity contribution in [2.75, 3.05) is 17.7 Å². The average Bonchev–Trinajstić information content (AvgIpc) is 3.05. The average molecular weight is 378 g/mol. The van der Waals surface area contributed by atoms with Gasteiger partial charge in [-0.15, -0.1) is 16.9 Å². The largest absolute Gasteiger partial charge is 0.484 e. The van der Waals surface area contributed by atoms with E-state index in [1.54, 1.807) is 16.8 Å². The summed E-state index contributed by atoms with van der Waals surface area (Å²) in [5.41, 5.74) is 1.17. The molecule has 136 valence electrons. The summed E-state index contributed by atoms with van der Waals surface area (Å²) < 4.78 is 7.13. The highest BCUT2D eigenvalue weighted by Gasteiger charge is 2.20. The third kappa shape index (κ3) is 4.49. The number of anilines is 1. The molecule has 0 saturated carbocycles. The molecule has 6 nitrogen and oxygen atoms in total. The lowest BCUT2D eigenvalue weighted by Gasteiger charge is -2.06. The molecule has 7 heteroatoms. The van der Waals surface area contributed by atoms with Gasteiger partial charge < -0.3 is 10.1 Å². The maximum Gasteiger partial charge on any atom is 0.263 e. The highest BCUT2D eigenvalue weighted by molar-refractivity contribution is 7.99. The lowest BCUT2D eigenvalue weighted by atomic mass is 10.3. The number of nitrogens with zero attached hydrogens (tertiary/aromatic N) is 3. The lowest BCUT2D eigenvalue weighted by Crippen LogP contribution is -2.21. The maximum absolute atomic E-state index is 12.3. The van der Waals surface area contributed by atoms with Crippen LogP contribution in [-0.4, -0.2) is 28.0 Å². The van der Waals surface area contributed by atoms with Crippen LogP contribution in [-0.2, 0) is 4.79 Å². The van der Waals surface area contributed by atoms with Crippen LogP contribution in [0.2, 0.25) is 0 Å². The van der Waals surface area contributed by atoms with E-state index in [-0.39, 0.29) is 18.3 Å². The molecule has 0 aliphatic carbocycles. The van der Waals surface area contributed by atoms with Crippen molar-refractivity contribution >= 4 is 23.5 Å². The van der Waals surface area contributed by atoms with E-state index in [0.29, 0.717) is 16.3 Å². The summed E-state index contributed by atoms with van der Waals surface area (Å²) in [6.45, 7) is 1.84. The standard InChI is InChI=1S/C20H18N4O2S/c1-2-27-20-17(13-21)19(23-24(20)15-9-5-3-6-10-15)22-18(25)14-26-16-11-7-4-8-12-16/h3-12H,2,14H2,1H3,(H,22,23,25). The molecule has 0 spiro atoms. The van der Waals surface area contributed by atoms with Crippen LogP contribution in [0.3, 0.4) is 0 Å². The number of carbonyl (C=O) groups excluding carboxylic acids is 1. The van der Waals surface area contributed by atoms with Gasteiger partial charge in [-0.05, 0) is 30.0 Å². The van der Waals surface area contributed by atoms with E-state index in [2.05, 4.69) is 16.5 Å². The Morgan fingerprint density at radius 2 is 1.85 bits per heavy atom. The first kappa shape index (κ1) is 18.5. The van der Waals surface area contributed by atoms with Gasteiger partial charge in [-0.1, -0.05) is 43.3 Å². The van der Waals surface area contributed by atoms with Gasteiger partial charge in [0.15, 0.2) is 12.4 Å². The smallest absolute Gasteiger partial charge is 0.263 e. The number of thioether (sulfide) groups is 1. The number of carbonyl (C=O) groups is 1. The zero-order valence-electron chi connectivity index (χ0n) is 14.8. The number of ether oxygens (including phenoxy) is 1. The number of hydrogen-bond donors (Lipinski definition) is 1. The molecule has 1 heterocycles. The van der Waals surface area contributed by atoms with Gasteiger partial charge in [0.1, 0.15) is 22.4 Å². The van der Waals surface area contributed by atoms with Crippen LogP contribution >= 0.6 is 11.8 Å². The molecule has 27 heavy (non-hydrogen) atoms. The monoisotopic (exact) mass is 378 g/mol. The Labute approximate surface area is 161 Å². The van der Waals surface area contributed by atoms with E-state index in [9.17, 15) is 10.1 Å². The highest BCUT2D eigenvalue weighted by Crippen LogP contribution is 2.30. The van der Waals surface area contributed by atoms with Gasteiger partial charge in [0.25, 0.3) is 5.91 Å². The van der Waals surface area contributed by atoms with Crippen molar-refractivity contribution in [2.24, 2.45) is 0 Å². The fourth-order valence-corrected chi connectivity index (χ4v) is 3.27. The van der Waals surface area contributed by atoms with E-state index in [0.717, 1.165) is 11.4 Å². The SMILES string of the molecule is CCSc1c(C#N)c(NC(=O)COc2ccccc2)nn1-c1ccccc1. The number of para-hydroxylation sites is 2. The van der Waals surface area contributed by atoms with Crippen molar-refractivity contribution in [1.82, 2.24) is 9.78 Å². The van der Waals surface area contributed by atoms with Crippen molar-refractivity contribution < 1.29 is 9.53 Å². The maximum atomic E-state index is 12.3. The molecule has 3 rings (SSSR count). The molecule has 0 radical (unpaired) electrons. The van der Waals surface area contributed by atoms with Crippen LogP contribution in [0.4, 0.5) is 5.82 Å². The minimum absolute atomic E-state index is 0.163. The number of hydrogen-bond acceptors (Lipinski definition) is 5. The Balaban J connectivity index is 1.82. The lowest BCUT2D eigenvalue weighted by molar-refractivity contribution is -0.118. The molecule has 0 saturated heterocycles. The molecule has 0 aliphatic rings. The molecule has 1 N–H and O–H groups in total. The zero-order valence-corrected chi connectivity index (χ0v) is 15.6. The van der Waals surface area contributed by atoms with Crippen LogP contribution in [0.15, 0.2) is 65.7 Å². The van der Waals surface area contributed by atoms with Gasteiger partial charge >= 0.3 is 0 Å². The first-order chi connectivity index (χ1) is 13.2. The van der Waals surface area contributed by atoms with Gasteiger partial charge in [-0.25, -0.2) is 4.68 Å². The number of benzene rings is 2. The summed E-state index contributed by atoms with van der Waals surface area (Å²) in [7, 11) is 0. The van der Waals surface area contributed by atoms with E-state index in [1.165, 1.54) is 11.8 Å². The highest BCUT2D eigenvalue weighted by atomic mass is 32.2. The molecule has 0 bridgehead atoms. The second-order valence-corrected chi connectivity index (χ2v) is 6.72. The minimum Gasteiger partial charge on any atom is -0.484 e. The molecule has 0 fully saturated rings. The summed E-state index contributed by atoms with van der Waals surface area (Å²) in [4.78, 5) is 12.3. The van der Waals surface area contributed by atoms with Crippen molar-refractivity contribution in [1.29, 1.82) is 5.26 Å². The quantitative estimate of drug-likeness (QED) is 0.631. The predicted molar refractivity (Wildman–Crippen MR) is 105 cm³/mol. The number of nitrogens with one attached hydrogen (secondary N) is 1. The van der Waals surface area contributed by atoms with Gasteiger partial charge in [0.05, 0.1) is 5.69 Å². The summed E-state index contributed by atoms with van der Waals surface area (Å²) in [6.07, 6.45) is 0. The van der Waals surface area contributed by atoms with Gasteiger partial charge in [0, 0.05) is 0 Å². The van der Waals surface area contributed by atoms with E-state index in [1.807, 2.05) is 55.5 Å². The molecule has 3 aromatic rings. The van der Waals surface area contributed by atoms with Crippen molar-refractivity contribution in [3.8, 4) is 17.5 Å². The first-order valence-corrected chi connectivity index (χ1v) is 9.40. The summed E-state index contributed by atoms with van der Waals surface area (Å²) in [5, 5.41) is 17.4. The second kappa shape index (κ2) is 8.92. The van der Waals surface area contributed by atoms with Crippen LogP contribution in [0.25, 0.3) is 5.69 Å². The Hall–Kier alpha value is -3.24. The second-order valence-electron chi connectivity index (χ2n) is 5.47. The Morgan fingerprint density at radius 1 is 1.19 bits per heavy atom. The molecule has 0 aliphatic heterocycles. The minimum atomic E-state index is -0.374. The van der Waals surface area contributed by atoms with Crippen LogP contribution < -0.4 is 10.1 Å². The normalized spacial score (nSPS) is 10.2. The predicted octanol–water partition coefficient (Wildman–Crippen LogP) is 3.87. The summed E-state index contributed by atoms with van der Waals surface area (Å²) in [5.74, 6) is 1.24. The molecule has 0 atom stereocenters. The fourth-order valence-electron chi connectivity index (χ4n) is 2.44. The molecule has 1 amide bonds. The summed E-state index contributed by atoms with van der Waals surface area (Å²) >= 11 is 1.50. The number of nitriles is 1. The molecule has 1 aromatic heterocycles. The van der Waals surface area contributed by atoms with E-state index in [4.69, 9.17) is 4.74 Å². The number of rotatable bonds is 7. The number of aromatic nitrogens is 2. The van der Waals surface area contributed by atoms with Crippen LogP contribution in [0, 0.1) is 11.3 Å². The molecule has 2 aromatic carbocycles. The summed E-state index contributed by atoms with van der Waals surface area (Å²) in [6, 6.07) is 20.7. The molecular formula is C20H18N4O2S. The third-order valence-corrected chi connectivity index (χ3v) is 4.55. The molecule has 0 unspecified atom stereocenters. The Morgan fingerprint density at radius 3 is 2.48 bits per heavy atom. The van der Waals surface area contributed by atoms with Gasteiger partial charge in [0.2, 0.25) is 0 Å². The zero-order chi connectivity index (χ0) is 19.1. The first-order valence-electron chi connectivity index (χ1n) is 8.42. The topological polar surface area (TPSA) is 79.9 Å². The fraction of sp³-hybridized carbons (Fsp3) is 0.150. The van der Waals surface area contributed by atoms with Crippen molar-refractivity contribution in [2.45, 2.75) is 11.9 Å². The Kier molecular flexibility index (Phi) is 6.13. The molecular weight excluding hydrogens is 360 g/mol. The van der Waals surface area contributed by atoms with E-state index >= 15 is 0 Å². The van der Waals surface area contributed by atoms with Gasteiger partial charge in [-0.2, -0.15) is 5.26 Å². The van der Waals surface area contributed by atoms with Crippen molar-refractivity contribution in [3.05, 3.63) is 66.2 Å². The van der Waals surface area contributed by atoms with Crippen molar-refractivity contribution in [3.63, 3.8) is 0 Å². The Bertz CT molecular complexity index is 949. The van der Waals surface area contributed by atoms with E-state index < -0.39 is 0 Å². The number of amides is 1. The van der Waals surface area contributed by atoms with Crippen LogP contribution in [0.5, 0.6) is 5.75 Å². The van der Waals surface area contributed by atoms with Crippen LogP contribution in [0.1, 0.15) is 12.5 Å². The third-order valence-electron chi connectivity index (χ3n) is 3.61.